The molecule has 1 rings (SSSR count). The van der Waals surface area contributed by atoms with E-state index in [0.29, 0.717) is 6.04 Å². The minimum atomic E-state index is 0.551. The summed E-state index contributed by atoms with van der Waals surface area (Å²) >= 11 is 3.75. The van der Waals surface area contributed by atoms with Gasteiger partial charge in [0.25, 0.3) is 0 Å². The van der Waals surface area contributed by atoms with E-state index in [4.69, 9.17) is 0 Å². The average Bonchev–Trinajstić information content (AvgIpc) is 2.65. The van der Waals surface area contributed by atoms with Gasteiger partial charge < -0.3 is 5.32 Å². The summed E-state index contributed by atoms with van der Waals surface area (Å²) in [5.74, 6) is 1.17. The van der Waals surface area contributed by atoms with Crippen LogP contribution in [0.5, 0.6) is 0 Å². The Morgan fingerprint density at radius 1 is 1.62 bits per heavy atom. The van der Waals surface area contributed by atoms with E-state index >= 15 is 0 Å². The van der Waals surface area contributed by atoms with E-state index in [1.54, 1.807) is 0 Å². The highest BCUT2D eigenvalue weighted by molar-refractivity contribution is 7.98. The first-order chi connectivity index (χ1) is 6.38. The molecule has 1 aromatic rings. The van der Waals surface area contributed by atoms with Crippen molar-refractivity contribution in [3.05, 3.63) is 22.4 Å². The van der Waals surface area contributed by atoms with Crippen LogP contribution in [0.25, 0.3) is 0 Å². The van der Waals surface area contributed by atoms with E-state index in [0.717, 1.165) is 6.54 Å². The Labute approximate surface area is 88.9 Å². The fourth-order valence-corrected chi connectivity index (χ4v) is 2.76. The maximum atomic E-state index is 3.56. The molecule has 1 nitrogen and oxygen atoms in total. The summed E-state index contributed by atoms with van der Waals surface area (Å²) < 4.78 is 0. The summed E-state index contributed by atoms with van der Waals surface area (Å²) in [7, 11) is 0. The second kappa shape index (κ2) is 6.46. The molecule has 1 heterocycles. The average molecular weight is 215 g/mol. The van der Waals surface area contributed by atoms with Crippen LogP contribution in [-0.4, -0.2) is 18.6 Å². The largest absolute Gasteiger partial charge is 0.309 e. The molecule has 1 unspecified atom stereocenters. The van der Waals surface area contributed by atoms with E-state index in [1.165, 1.54) is 17.1 Å². The SMILES string of the molecule is CCCNC(CSC)c1cccs1. The van der Waals surface area contributed by atoms with Gasteiger partial charge in [0.15, 0.2) is 0 Å². The fraction of sp³-hybridized carbons (Fsp3) is 0.600. The van der Waals surface area contributed by atoms with Gasteiger partial charge in [-0.15, -0.1) is 11.3 Å². The maximum Gasteiger partial charge on any atom is 0.0506 e. The van der Waals surface area contributed by atoms with E-state index in [1.807, 2.05) is 23.1 Å². The Kier molecular flexibility index (Phi) is 5.51. The van der Waals surface area contributed by atoms with Crippen molar-refractivity contribution in [2.45, 2.75) is 19.4 Å². The molecule has 0 aliphatic heterocycles. The first kappa shape index (κ1) is 11.1. The lowest BCUT2D eigenvalue weighted by molar-refractivity contribution is 0.585. The van der Waals surface area contributed by atoms with Gasteiger partial charge in [0.1, 0.15) is 0 Å². The Morgan fingerprint density at radius 3 is 3.00 bits per heavy atom. The molecule has 0 aliphatic rings. The van der Waals surface area contributed by atoms with Crippen LogP contribution in [-0.2, 0) is 0 Å². The molecule has 0 spiro atoms. The molecular formula is C10H17NS2. The molecule has 0 bridgehead atoms. The Morgan fingerprint density at radius 2 is 2.46 bits per heavy atom. The van der Waals surface area contributed by atoms with Crippen molar-refractivity contribution in [2.75, 3.05) is 18.6 Å². The molecule has 3 heteroatoms. The summed E-state index contributed by atoms with van der Waals surface area (Å²) in [5, 5.41) is 5.71. The number of thioether (sulfide) groups is 1. The smallest absolute Gasteiger partial charge is 0.0506 e. The molecule has 0 aliphatic carbocycles. The van der Waals surface area contributed by atoms with E-state index in [9.17, 15) is 0 Å². The number of nitrogens with one attached hydrogen (secondary N) is 1. The van der Waals surface area contributed by atoms with Gasteiger partial charge in [0.05, 0.1) is 6.04 Å². The highest BCUT2D eigenvalue weighted by atomic mass is 32.2. The van der Waals surface area contributed by atoms with Gasteiger partial charge >= 0.3 is 0 Å². The third kappa shape index (κ3) is 3.71. The molecule has 0 amide bonds. The second-order valence-electron chi connectivity index (χ2n) is 2.98. The quantitative estimate of drug-likeness (QED) is 0.782. The Bertz CT molecular complexity index is 209. The normalized spacial score (nSPS) is 13.1. The number of rotatable bonds is 6. The lowest BCUT2D eigenvalue weighted by Gasteiger charge is -2.15. The van der Waals surface area contributed by atoms with Crippen LogP contribution in [0.15, 0.2) is 17.5 Å². The van der Waals surface area contributed by atoms with Crippen LogP contribution in [0.4, 0.5) is 0 Å². The lowest BCUT2D eigenvalue weighted by atomic mass is 10.2. The standard InChI is InChI=1S/C10H17NS2/c1-3-6-11-9(8-12-2)10-5-4-7-13-10/h4-5,7,9,11H,3,6,8H2,1-2H3. The molecule has 0 saturated carbocycles. The second-order valence-corrected chi connectivity index (χ2v) is 4.87. The topological polar surface area (TPSA) is 12.0 Å². The van der Waals surface area contributed by atoms with Crippen molar-refractivity contribution in [3.63, 3.8) is 0 Å². The lowest BCUT2D eigenvalue weighted by Crippen LogP contribution is -2.23. The summed E-state index contributed by atoms with van der Waals surface area (Å²) in [6.45, 7) is 3.32. The molecule has 1 atom stereocenters. The van der Waals surface area contributed by atoms with E-state index in [2.05, 4.69) is 36.0 Å². The molecule has 0 aromatic carbocycles. The molecule has 0 saturated heterocycles. The predicted octanol–water partition coefficient (Wildman–Crippen LogP) is 3.15. The van der Waals surface area contributed by atoms with Crippen molar-refractivity contribution in [1.82, 2.24) is 5.32 Å². The minimum Gasteiger partial charge on any atom is -0.309 e. The van der Waals surface area contributed by atoms with Crippen LogP contribution < -0.4 is 5.32 Å². The molecule has 74 valence electrons. The van der Waals surface area contributed by atoms with Crippen LogP contribution >= 0.6 is 23.1 Å². The van der Waals surface area contributed by atoms with Crippen LogP contribution in [0, 0.1) is 0 Å². The van der Waals surface area contributed by atoms with Crippen LogP contribution in [0.2, 0.25) is 0 Å². The predicted molar refractivity (Wildman–Crippen MR) is 63.7 cm³/mol. The van der Waals surface area contributed by atoms with Crippen molar-refractivity contribution in [2.24, 2.45) is 0 Å². The first-order valence-corrected chi connectivity index (χ1v) is 6.91. The van der Waals surface area contributed by atoms with Crippen molar-refractivity contribution in [1.29, 1.82) is 0 Å². The molecule has 1 N–H and O–H groups in total. The number of thiophene rings is 1. The maximum absolute atomic E-state index is 3.56. The van der Waals surface area contributed by atoms with Gasteiger partial charge in [0, 0.05) is 10.6 Å². The summed E-state index contributed by atoms with van der Waals surface area (Å²) in [4.78, 5) is 1.46. The number of hydrogen-bond acceptors (Lipinski definition) is 3. The van der Waals surface area contributed by atoms with Gasteiger partial charge in [-0.3, -0.25) is 0 Å². The summed E-state index contributed by atoms with van der Waals surface area (Å²) in [6.07, 6.45) is 3.37. The zero-order chi connectivity index (χ0) is 9.52. The van der Waals surface area contributed by atoms with E-state index < -0.39 is 0 Å². The summed E-state index contributed by atoms with van der Waals surface area (Å²) in [6, 6.07) is 4.89. The molecule has 0 radical (unpaired) electrons. The molecule has 13 heavy (non-hydrogen) atoms. The van der Waals surface area contributed by atoms with Crippen molar-refractivity contribution < 1.29 is 0 Å². The third-order valence-corrected chi connectivity index (χ3v) is 3.51. The van der Waals surface area contributed by atoms with Gasteiger partial charge in [-0.25, -0.2) is 0 Å². The van der Waals surface area contributed by atoms with Crippen LogP contribution in [0.3, 0.4) is 0 Å². The van der Waals surface area contributed by atoms with Gasteiger partial charge in [-0.05, 0) is 30.7 Å². The Balaban J connectivity index is 2.47. The minimum absolute atomic E-state index is 0.551. The number of hydrogen-bond donors (Lipinski definition) is 1. The highest BCUT2D eigenvalue weighted by Crippen LogP contribution is 2.21. The third-order valence-electron chi connectivity index (χ3n) is 1.86. The van der Waals surface area contributed by atoms with Crippen molar-refractivity contribution >= 4 is 23.1 Å². The van der Waals surface area contributed by atoms with Crippen molar-refractivity contribution in [3.8, 4) is 0 Å². The van der Waals surface area contributed by atoms with Crippen LogP contribution in [0.1, 0.15) is 24.3 Å². The van der Waals surface area contributed by atoms with E-state index in [-0.39, 0.29) is 0 Å². The van der Waals surface area contributed by atoms with Gasteiger partial charge in [-0.2, -0.15) is 11.8 Å². The van der Waals surface area contributed by atoms with Gasteiger partial charge in [0.2, 0.25) is 0 Å². The first-order valence-electron chi connectivity index (χ1n) is 4.64. The monoisotopic (exact) mass is 215 g/mol. The zero-order valence-electron chi connectivity index (χ0n) is 8.25. The molecular weight excluding hydrogens is 198 g/mol. The molecule has 1 aromatic heterocycles. The molecule has 0 fully saturated rings. The Hall–Kier alpha value is 0.01000. The van der Waals surface area contributed by atoms with Gasteiger partial charge in [-0.1, -0.05) is 13.0 Å². The fourth-order valence-electron chi connectivity index (χ4n) is 1.22. The highest BCUT2D eigenvalue weighted by Gasteiger charge is 2.09. The summed E-state index contributed by atoms with van der Waals surface area (Å²) in [5.41, 5.74) is 0. The zero-order valence-corrected chi connectivity index (χ0v) is 9.88.